The Bertz CT molecular complexity index is 974. The quantitative estimate of drug-likeness (QED) is 0.506. The number of aromatic amines is 1. The van der Waals surface area contributed by atoms with Crippen LogP contribution in [0.5, 0.6) is 0 Å². The van der Waals surface area contributed by atoms with Gasteiger partial charge in [0, 0.05) is 18.5 Å². The van der Waals surface area contributed by atoms with Gasteiger partial charge in [-0.1, -0.05) is 17.7 Å². The van der Waals surface area contributed by atoms with Crippen molar-refractivity contribution in [1.29, 1.82) is 0 Å². The van der Waals surface area contributed by atoms with Gasteiger partial charge in [-0.05, 0) is 18.6 Å². The first-order valence-corrected chi connectivity index (χ1v) is 8.22. The predicted octanol–water partition coefficient (Wildman–Crippen LogP) is 3.07. The molecular formula is C16H16ClN7O3. The number of carbonyl (C=O) groups excluding carboxylic acids is 2. The average molecular weight is 390 g/mol. The van der Waals surface area contributed by atoms with E-state index < -0.39 is 12.1 Å². The molecule has 0 radical (unpaired) electrons. The number of hydrogen-bond donors (Lipinski definition) is 4. The van der Waals surface area contributed by atoms with Gasteiger partial charge in [0.05, 0.1) is 24.1 Å². The summed E-state index contributed by atoms with van der Waals surface area (Å²) in [6.07, 6.45) is 2.43. The van der Waals surface area contributed by atoms with Crippen LogP contribution < -0.4 is 16.0 Å². The Morgan fingerprint density at radius 1 is 1.22 bits per heavy atom. The molecule has 0 fully saturated rings. The van der Waals surface area contributed by atoms with Crippen molar-refractivity contribution >= 4 is 46.3 Å². The zero-order valence-electron chi connectivity index (χ0n) is 14.4. The van der Waals surface area contributed by atoms with Gasteiger partial charge in [-0.3, -0.25) is 15.7 Å². The maximum Gasteiger partial charge on any atom is 0.412 e. The highest BCUT2D eigenvalue weighted by atomic mass is 35.5. The topological polar surface area (TPSA) is 134 Å². The molecule has 0 saturated heterocycles. The summed E-state index contributed by atoms with van der Waals surface area (Å²) in [5.74, 6) is 0.596. The summed E-state index contributed by atoms with van der Waals surface area (Å²) >= 11 is 5.76. The van der Waals surface area contributed by atoms with Crippen LogP contribution in [0.4, 0.5) is 21.2 Å². The molecule has 0 aliphatic rings. The third-order valence-corrected chi connectivity index (χ3v) is 3.92. The second-order valence-corrected chi connectivity index (χ2v) is 5.93. The van der Waals surface area contributed by atoms with E-state index >= 15 is 0 Å². The number of ether oxygens (including phenoxy) is 1. The van der Waals surface area contributed by atoms with E-state index in [1.165, 1.54) is 13.3 Å². The molecule has 0 aliphatic carbocycles. The van der Waals surface area contributed by atoms with E-state index in [2.05, 4.69) is 40.9 Å². The van der Waals surface area contributed by atoms with Gasteiger partial charge >= 0.3 is 12.1 Å². The van der Waals surface area contributed by atoms with Gasteiger partial charge in [-0.15, -0.1) is 0 Å². The maximum absolute atomic E-state index is 12.2. The minimum absolute atomic E-state index is 0.276. The summed E-state index contributed by atoms with van der Waals surface area (Å²) in [5, 5.41) is 15.6. The lowest BCUT2D eigenvalue weighted by molar-refractivity contribution is 0.187. The Labute approximate surface area is 158 Å². The molecule has 3 rings (SSSR count). The average Bonchev–Trinajstić information content (AvgIpc) is 3.04. The van der Waals surface area contributed by atoms with Crippen LogP contribution in [0.15, 0.2) is 30.6 Å². The third kappa shape index (κ3) is 4.42. The number of nitrogens with zero attached hydrogens (tertiary/aromatic N) is 3. The van der Waals surface area contributed by atoms with Crippen molar-refractivity contribution < 1.29 is 14.3 Å². The van der Waals surface area contributed by atoms with Crippen molar-refractivity contribution in [2.75, 3.05) is 17.7 Å². The van der Waals surface area contributed by atoms with Crippen LogP contribution in [0.2, 0.25) is 5.15 Å². The van der Waals surface area contributed by atoms with Gasteiger partial charge < -0.3 is 10.1 Å². The fraction of sp³-hybridized carbons (Fsp3) is 0.188. The molecule has 0 unspecified atom stereocenters. The summed E-state index contributed by atoms with van der Waals surface area (Å²) in [4.78, 5) is 31.6. The van der Waals surface area contributed by atoms with E-state index in [0.717, 1.165) is 5.56 Å². The number of anilines is 2. The fourth-order valence-electron chi connectivity index (χ4n) is 2.30. The zero-order valence-corrected chi connectivity index (χ0v) is 15.2. The van der Waals surface area contributed by atoms with Crippen LogP contribution in [0, 0.1) is 0 Å². The van der Waals surface area contributed by atoms with Crippen LogP contribution >= 0.6 is 11.6 Å². The molecule has 27 heavy (non-hydrogen) atoms. The number of aromatic nitrogens is 4. The van der Waals surface area contributed by atoms with Gasteiger partial charge in [0.2, 0.25) is 0 Å². The highest BCUT2D eigenvalue weighted by molar-refractivity contribution is 6.29. The summed E-state index contributed by atoms with van der Waals surface area (Å²) in [6.45, 7) is 1.82. The van der Waals surface area contributed by atoms with Gasteiger partial charge in [0.25, 0.3) is 0 Å². The fourth-order valence-corrected chi connectivity index (χ4v) is 2.41. The van der Waals surface area contributed by atoms with E-state index in [0.29, 0.717) is 21.9 Å². The Morgan fingerprint density at radius 2 is 2.04 bits per heavy atom. The number of urea groups is 1. The standard InChI is InChI=1S/C16H16ClN7O3/c1-8(9-3-4-12(17)18-6-9)20-15(25)21-13-5-11-10(7-19-13)14(24-23-11)22-16(26)27-2/h3-8H,1-2H3,(H2,19,20,21,25)(H2,22,23,24,26)/t8-/m1/s1. The maximum atomic E-state index is 12.2. The molecule has 4 N–H and O–H groups in total. The molecule has 0 bridgehead atoms. The lowest BCUT2D eigenvalue weighted by Gasteiger charge is -2.14. The Hall–Kier alpha value is -3.40. The van der Waals surface area contributed by atoms with E-state index in [9.17, 15) is 9.59 Å². The number of nitrogens with one attached hydrogen (secondary N) is 4. The third-order valence-electron chi connectivity index (χ3n) is 3.69. The lowest BCUT2D eigenvalue weighted by Crippen LogP contribution is -2.31. The molecule has 0 aliphatic heterocycles. The predicted molar refractivity (Wildman–Crippen MR) is 99.7 cm³/mol. The molecule has 3 aromatic rings. The van der Waals surface area contributed by atoms with Gasteiger partial charge in [0.15, 0.2) is 5.82 Å². The number of carbonyl (C=O) groups is 2. The number of H-pyrrole nitrogens is 1. The highest BCUT2D eigenvalue weighted by Gasteiger charge is 2.13. The molecular weight excluding hydrogens is 374 g/mol. The number of pyridine rings is 2. The molecule has 1 atom stereocenters. The van der Waals surface area contributed by atoms with Gasteiger partial charge in [-0.2, -0.15) is 5.10 Å². The number of halogens is 1. The summed E-state index contributed by atoms with van der Waals surface area (Å²) in [7, 11) is 1.25. The second-order valence-electron chi connectivity index (χ2n) is 5.54. The minimum atomic E-state index is -0.643. The molecule has 3 heterocycles. The number of amides is 3. The van der Waals surface area contributed by atoms with Crippen molar-refractivity contribution in [3.05, 3.63) is 41.3 Å². The Kier molecular flexibility index (Phi) is 5.36. The van der Waals surface area contributed by atoms with E-state index in [4.69, 9.17) is 11.6 Å². The van der Waals surface area contributed by atoms with Crippen molar-refractivity contribution in [3.8, 4) is 0 Å². The SMILES string of the molecule is COC(=O)Nc1n[nH]c2cc(NC(=O)N[C@H](C)c3ccc(Cl)nc3)ncc12. The molecule has 10 nitrogen and oxygen atoms in total. The molecule has 140 valence electrons. The first kappa shape index (κ1) is 18.4. The van der Waals surface area contributed by atoms with Gasteiger partial charge in [0.1, 0.15) is 11.0 Å². The molecule has 0 saturated carbocycles. The minimum Gasteiger partial charge on any atom is -0.453 e. The molecule has 0 aromatic carbocycles. The Balaban J connectivity index is 1.66. The van der Waals surface area contributed by atoms with Gasteiger partial charge in [-0.25, -0.2) is 19.6 Å². The first-order chi connectivity index (χ1) is 13.0. The smallest absolute Gasteiger partial charge is 0.412 e. The van der Waals surface area contributed by atoms with Crippen LogP contribution in [-0.2, 0) is 4.74 Å². The first-order valence-electron chi connectivity index (χ1n) is 7.84. The van der Waals surface area contributed by atoms with Crippen molar-refractivity contribution in [1.82, 2.24) is 25.5 Å². The van der Waals surface area contributed by atoms with Crippen LogP contribution in [0.3, 0.4) is 0 Å². The number of hydrogen-bond acceptors (Lipinski definition) is 6. The summed E-state index contributed by atoms with van der Waals surface area (Å²) in [5.41, 5.74) is 1.40. The molecule has 11 heteroatoms. The number of rotatable bonds is 4. The van der Waals surface area contributed by atoms with Crippen molar-refractivity contribution in [2.24, 2.45) is 0 Å². The largest absolute Gasteiger partial charge is 0.453 e. The number of methoxy groups -OCH3 is 1. The molecule has 0 spiro atoms. The van der Waals surface area contributed by atoms with E-state index in [1.54, 1.807) is 24.4 Å². The summed E-state index contributed by atoms with van der Waals surface area (Å²) < 4.78 is 4.53. The van der Waals surface area contributed by atoms with Crippen molar-refractivity contribution in [3.63, 3.8) is 0 Å². The summed E-state index contributed by atoms with van der Waals surface area (Å²) in [6, 6.07) is 4.32. The Morgan fingerprint density at radius 3 is 2.74 bits per heavy atom. The molecule has 3 amide bonds. The highest BCUT2D eigenvalue weighted by Crippen LogP contribution is 2.22. The van der Waals surface area contributed by atoms with Crippen LogP contribution in [0.1, 0.15) is 18.5 Å². The zero-order chi connectivity index (χ0) is 19.4. The van der Waals surface area contributed by atoms with E-state index in [1.807, 2.05) is 6.92 Å². The lowest BCUT2D eigenvalue weighted by atomic mass is 10.1. The van der Waals surface area contributed by atoms with E-state index in [-0.39, 0.29) is 11.9 Å². The second kappa shape index (κ2) is 7.87. The monoisotopic (exact) mass is 389 g/mol. The molecule has 3 aromatic heterocycles. The normalized spacial score (nSPS) is 11.7. The van der Waals surface area contributed by atoms with Crippen LogP contribution in [-0.4, -0.2) is 39.4 Å². The van der Waals surface area contributed by atoms with Crippen LogP contribution in [0.25, 0.3) is 10.9 Å². The van der Waals surface area contributed by atoms with Crippen molar-refractivity contribution in [2.45, 2.75) is 13.0 Å². The number of fused-ring (bicyclic) bond motifs is 1.